The summed E-state index contributed by atoms with van der Waals surface area (Å²) in [5.41, 5.74) is -0.133. The lowest BCUT2D eigenvalue weighted by molar-refractivity contribution is -0.221. The highest BCUT2D eigenvalue weighted by Gasteiger charge is 2.22. The number of carbonyl (C=O) groups excluding carboxylic acids is 1. The molecule has 0 spiro atoms. The molecule has 5 nitrogen and oxygen atoms in total. The molecule has 0 aliphatic heterocycles. The Hall–Kier alpha value is -0.650. The summed E-state index contributed by atoms with van der Waals surface area (Å²) in [4.78, 5) is 16.3. The summed E-state index contributed by atoms with van der Waals surface area (Å²) in [6.07, 6.45) is 0. The average molecular weight is 247 g/mol. The lowest BCUT2D eigenvalue weighted by Crippen LogP contribution is -2.44. The summed E-state index contributed by atoms with van der Waals surface area (Å²) >= 11 is 0. The van der Waals surface area contributed by atoms with Crippen LogP contribution in [-0.2, 0) is 19.1 Å². The molecule has 102 valence electrons. The molecule has 0 aromatic rings. The zero-order valence-electron chi connectivity index (χ0n) is 11.6. The van der Waals surface area contributed by atoms with Gasteiger partial charge in [0.2, 0.25) is 0 Å². The van der Waals surface area contributed by atoms with E-state index in [1.165, 1.54) is 6.92 Å². The standard InChI is InChI=1S/C12H25NO4/c1-6-15-9-10-17-13(12(3,4)5)7-8-16-11(2)14/h6-10H2,1-5H3. The van der Waals surface area contributed by atoms with Crippen LogP contribution in [0.5, 0.6) is 0 Å². The van der Waals surface area contributed by atoms with E-state index in [2.05, 4.69) is 0 Å². The molecule has 17 heavy (non-hydrogen) atoms. The minimum Gasteiger partial charge on any atom is -0.464 e. The molecule has 0 aromatic carbocycles. The van der Waals surface area contributed by atoms with E-state index in [1.54, 1.807) is 0 Å². The predicted octanol–water partition coefficient (Wildman–Crippen LogP) is 1.62. The minimum absolute atomic E-state index is 0.133. The Kier molecular flexibility index (Phi) is 8.12. The lowest BCUT2D eigenvalue weighted by Gasteiger charge is -2.34. The maximum Gasteiger partial charge on any atom is 0.302 e. The predicted molar refractivity (Wildman–Crippen MR) is 65.5 cm³/mol. The second-order valence-corrected chi connectivity index (χ2v) is 4.64. The first-order valence-electron chi connectivity index (χ1n) is 5.99. The van der Waals surface area contributed by atoms with Gasteiger partial charge in [-0.3, -0.25) is 9.63 Å². The van der Waals surface area contributed by atoms with Gasteiger partial charge < -0.3 is 9.47 Å². The lowest BCUT2D eigenvalue weighted by atomic mass is 10.1. The van der Waals surface area contributed by atoms with E-state index < -0.39 is 0 Å². The van der Waals surface area contributed by atoms with Crippen LogP contribution in [-0.4, -0.2) is 49.5 Å². The van der Waals surface area contributed by atoms with E-state index in [-0.39, 0.29) is 11.5 Å². The van der Waals surface area contributed by atoms with E-state index in [0.717, 1.165) is 0 Å². The molecule has 0 heterocycles. The summed E-state index contributed by atoms with van der Waals surface area (Å²) in [7, 11) is 0. The molecule has 0 aromatic heterocycles. The Morgan fingerprint density at radius 1 is 1.18 bits per heavy atom. The van der Waals surface area contributed by atoms with Crippen LogP contribution >= 0.6 is 0 Å². The van der Waals surface area contributed by atoms with Gasteiger partial charge in [0.05, 0.1) is 19.8 Å². The van der Waals surface area contributed by atoms with Crippen LogP contribution in [0.1, 0.15) is 34.6 Å². The van der Waals surface area contributed by atoms with E-state index in [1.807, 2.05) is 32.8 Å². The van der Waals surface area contributed by atoms with Gasteiger partial charge in [0, 0.05) is 19.1 Å². The summed E-state index contributed by atoms with van der Waals surface area (Å²) in [6, 6.07) is 0. The Labute approximate surface area is 104 Å². The maximum absolute atomic E-state index is 10.7. The normalized spacial score (nSPS) is 11.9. The molecule has 0 radical (unpaired) electrons. The van der Waals surface area contributed by atoms with Crippen molar-refractivity contribution in [3.63, 3.8) is 0 Å². The van der Waals surface area contributed by atoms with Crippen LogP contribution in [0.4, 0.5) is 0 Å². The minimum atomic E-state index is -0.270. The fraction of sp³-hybridized carbons (Fsp3) is 0.917. The Bertz CT molecular complexity index is 213. The summed E-state index contributed by atoms with van der Waals surface area (Å²) in [6.45, 7) is 12.1. The summed E-state index contributed by atoms with van der Waals surface area (Å²) in [5, 5.41) is 1.81. The van der Waals surface area contributed by atoms with E-state index >= 15 is 0 Å². The van der Waals surface area contributed by atoms with E-state index in [9.17, 15) is 4.79 Å². The van der Waals surface area contributed by atoms with Crippen molar-refractivity contribution in [2.45, 2.75) is 40.2 Å². The number of nitrogens with zero attached hydrogens (tertiary/aromatic N) is 1. The highest BCUT2D eigenvalue weighted by atomic mass is 16.7. The van der Waals surface area contributed by atoms with Crippen molar-refractivity contribution in [1.29, 1.82) is 0 Å². The van der Waals surface area contributed by atoms with Gasteiger partial charge in [-0.25, -0.2) is 0 Å². The van der Waals surface area contributed by atoms with Gasteiger partial charge in [0.1, 0.15) is 6.61 Å². The first-order valence-corrected chi connectivity index (χ1v) is 5.99. The Balaban J connectivity index is 3.94. The molecule has 0 aliphatic carbocycles. The van der Waals surface area contributed by atoms with Gasteiger partial charge in [-0.2, -0.15) is 5.06 Å². The molecule has 0 bridgehead atoms. The van der Waals surface area contributed by atoms with E-state index in [4.69, 9.17) is 14.3 Å². The van der Waals surface area contributed by atoms with E-state index in [0.29, 0.717) is 33.0 Å². The number of carbonyl (C=O) groups is 1. The molecule has 0 saturated heterocycles. The molecule has 0 amide bonds. The SMILES string of the molecule is CCOCCON(CCOC(C)=O)C(C)(C)C. The van der Waals surface area contributed by atoms with Crippen molar-refractivity contribution in [3.05, 3.63) is 0 Å². The zero-order chi connectivity index (χ0) is 13.3. The first kappa shape index (κ1) is 16.4. The smallest absolute Gasteiger partial charge is 0.302 e. The van der Waals surface area contributed by atoms with Gasteiger partial charge in [0.15, 0.2) is 0 Å². The molecular weight excluding hydrogens is 222 g/mol. The third kappa shape index (κ3) is 9.09. The number of hydrogen-bond donors (Lipinski definition) is 0. The highest BCUT2D eigenvalue weighted by Crippen LogP contribution is 2.13. The third-order valence-electron chi connectivity index (χ3n) is 2.03. The van der Waals surface area contributed by atoms with Gasteiger partial charge in [-0.1, -0.05) is 0 Å². The molecule has 0 rings (SSSR count). The van der Waals surface area contributed by atoms with Gasteiger partial charge in [-0.15, -0.1) is 0 Å². The van der Waals surface area contributed by atoms with Crippen molar-refractivity contribution in [2.24, 2.45) is 0 Å². The van der Waals surface area contributed by atoms with Crippen molar-refractivity contribution in [1.82, 2.24) is 5.06 Å². The second-order valence-electron chi connectivity index (χ2n) is 4.64. The number of hydroxylamine groups is 2. The van der Waals surface area contributed by atoms with Gasteiger partial charge in [-0.05, 0) is 27.7 Å². The number of rotatable bonds is 8. The van der Waals surface area contributed by atoms with Gasteiger partial charge >= 0.3 is 5.97 Å². The molecule has 0 unspecified atom stereocenters. The van der Waals surface area contributed by atoms with Crippen molar-refractivity contribution in [3.8, 4) is 0 Å². The molecule has 0 N–H and O–H groups in total. The van der Waals surface area contributed by atoms with Crippen LogP contribution in [0.25, 0.3) is 0 Å². The molecular formula is C12H25NO4. The molecule has 5 heteroatoms. The molecule has 0 aliphatic rings. The van der Waals surface area contributed by atoms with Crippen molar-refractivity contribution >= 4 is 5.97 Å². The Morgan fingerprint density at radius 2 is 1.82 bits per heavy atom. The topological polar surface area (TPSA) is 48.0 Å². The third-order valence-corrected chi connectivity index (χ3v) is 2.03. The van der Waals surface area contributed by atoms with Crippen LogP contribution in [0.3, 0.4) is 0 Å². The zero-order valence-corrected chi connectivity index (χ0v) is 11.6. The molecule has 0 atom stereocenters. The largest absolute Gasteiger partial charge is 0.464 e. The fourth-order valence-corrected chi connectivity index (χ4v) is 1.22. The maximum atomic E-state index is 10.7. The molecule has 0 saturated carbocycles. The quantitative estimate of drug-likeness (QED) is 0.370. The Morgan fingerprint density at radius 3 is 2.29 bits per heavy atom. The van der Waals surface area contributed by atoms with Crippen LogP contribution in [0, 0.1) is 0 Å². The van der Waals surface area contributed by atoms with Crippen LogP contribution < -0.4 is 0 Å². The van der Waals surface area contributed by atoms with Crippen molar-refractivity contribution < 1.29 is 19.1 Å². The second kappa shape index (κ2) is 8.44. The highest BCUT2D eigenvalue weighted by molar-refractivity contribution is 5.65. The molecule has 0 fully saturated rings. The van der Waals surface area contributed by atoms with Crippen LogP contribution in [0.15, 0.2) is 0 Å². The number of hydrogen-bond acceptors (Lipinski definition) is 5. The van der Waals surface area contributed by atoms with Crippen molar-refractivity contribution in [2.75, 3.05) is 33.0 Å². The number of esters is 1. The number of ether oxygens (including phenoxy) is 2. The first-order chi connectivity index (χ1) is 7.88. The average Bonchev–Trinajstić information content (AvgIpc) is 2.19. The summed E-state index contributed by atoms with van der Waals surface area (Å²) in [5.74, 6) is -0.270. The fourth-order valence-electron chi connectivity index (χ4n) is 1.22. The monoisotopic (exact) mass is 247 g/mol. The van der Waals surface area contributed by atoms with Gasteiger partial charge in [0.25, 0.3) is 0 Å². The van der Waals surface area contributed by atoms with Crippen LogP contribution in [0.2, 0.25) is 0 Å². The summed E-state index contributed by atoms with van der Waals surface area (Å²) < 4.78 is 10.1.